The zero-order valence-corrected chi connectivity index (χ0v) is 29.6. The summed E-state index contributed by atoms with van der Waals surface area (Å²) in [5, 5.41) is 4.97. The molecule has 254 valence electrons. The summed E-state index contributed by atoms with van der Waals surface area (Å²) < 4.78 is 6.61. The molecule has 7 aromatic carbocycles. The number of para-hydroxylation sites is 1. The quantitative estimate of drug-likeness (QED) is 0.123. The van der Waals surface area contributed by atoms with Crippen molar-refractivity contribution in [2.45, 2.75) is 30.8 Å². The normalized spacial score (nSPS) is 17.6. The second-order valence-corrected chi connectivity index (χ2v) is 14.3. The Balaban J connectivity index is 1.27. The number of hydrogen-bond donors (Lipinski definition) is 0. The summed E-state index contributed by atoms with van der Waals surface area (Å²) in [7, 11) is 0. The maximum Gasteiger partial charge on any atom is 0.129 e. The van der Waals surface area contributed by atoms with Crippen LogP contribution in [0.3, 0.4) is 0 Å². The van der Waals surface area contributed by atoms with Crippen LogP contribution in [0, 0.1) is 0 Å². The van der Waals surface area contributed by atoms with Gasteiger partial charge in [-0.2, -0.15) is 0 Å². The number of fused-ring (bicyclic) bond motifs is 6. The Morgan fingerprint density at radius 3 is 2.02 bits per heavy atom. The summed E-state index contributed by atoms with van der Waals surface area (Å²) in [6.07, 6.45) is 9.32. The van der Waals surface area contributed by atoms with Gasteiger partial charge in [0, 0.05) is 34.8 Å². The van der Waals surface area contributed by atoms with E-state index in [0.29, 0.717) is 0 Å². The number of hydrogen-bond acceptors (Lipinski definition) is 2. The molecule has 7 aromatic rings. The maximum atomic E-state index is 6.61. The largest absolute Gasteiger partial charge is 0.485 e. The topological polar surface area (TPSA) is 12.5 Å². The van der Waals surface area contributed by atoms with Crippen LogP contribution in [0.25, 0.3) is 32.7 Å². The molecule has 0 amide bonds. The highest BCUT2D eigenvalue weighted by atomic mass is 16.5. The number of ether oxygens (including phenoxy) is 1. The molecule has 0 N–H and O–H groups in total. The Kier molecular flexibility index (Phi) is 7.51. The first-order chi connectivity index (χ1) is 26.3. The zero-order chi connectivity index (χ0) is 35.4. The third kappa shape index (κ3) is 4.86. The summed E-state index contributed by atoms with van der Waals surface area (Å²) in [5.41, 5.74) is 12.4. The van der Waals surface area contributed by atoms with Gasteiger partial charge in [-0.1, -0.05) is 158 Å². The van der Waals surface area contributed by atoms with Crippen LogP contribution >= 0.6 is 0 Å². The van der Waals surface area contributed by atoms with E-state index in [1.807, 2.05) is 6.08 Å². The summed E-state index contributed by atoms with van der Waals surface area (Å²) in [6, 6.07) is 59.8. The van der Waals surface area contributed by atoms with Crippen LogP contribution in [0.1, 0.15) is 47.1 Å². The van der Waals surface area contributed by atoms with Gasteiger partial charge in [-0.15, -0.1) is 6.58 Å². The number of rotatable bonds is 7. The summed E-state index contributed by atoms with van der Waals surface area (Å²) in [6.45, 7) is 4.11. The molecule has 53 heavy (non-hydrogen) atoms. The van der Waals surface area contributed by atoms with Gasteiger partial charge in [0.15, 0.2) is 0 Å². The molecule has 0 aromatic heterocycles. The van der Waals surface area contributed by atoms with Crippen LogP contribution in [0.2, 0.25) is 0 Å². The lowest BCUT2D eigenvalue weighted by Crippen LogP contribution is -2.30. The molecule has 0 fully saturated rings. The fourth-order valence-electron chi connectivity index (χ4n) is 9.26. The lowest BCUT2D eigenvalue weighted by Gasteiger charge is -2.37. The molecule has 0 bridgehead atoms. The first kappa shape index (κ1) is 31.4. The molecule has 1 atom stereocenters. The fraction of sp³-hybridized carbons (Fsp3) is 0.0980. The lowest BCUT2D eigenvalue weighted by atomic mass is 9.66. The van der Waals surface area contributed by atoms with Gasteiger partial charge in [-0.3, -0.25) is 0 Å². The lowest BCUT2D eigenvalue weighted by molar-refractivity contribution is 0.280. The standard InChI is InChI=1S/C51H39NO/c1-2-17-49-45(44-27-14-16-29-50(44)53-49)34-52(48-32-35-18-9-10-23-39(35)40-24-11-12-26-43(40)48)38-30-31-42-41-25-13-15-28-46(41)51(47(42)33-38,36-19-5-3-6-20-36)37-21-7-4-8-22-37/h2-16,18-29,32-34,49H,1,17,30-31H2/b45-34+. The Bertz CT molecular complexity index is 2610. The van der Waals surface area contributed by atoms with E-state index in [-0.39, 0.29) is 6.10 Å². The molecule has 1 heterocycles. The zero-order valence-electron chi connectivity index (χ0n) is 29.6. The predicted octanol–water partition coefficient (Wildman–Crippen LogP) is 12.7. The van der Waals surface area contributed by atoms with Crippen molar-refractivity contribution in [3.05, 3.63) is 228 Å². The number of anilines is 1. The molecule has 0 saturated heterocycles. The minimum Gasteiger partial charge on any atom is -0.485 e. The average molecular weight is 682 g/mol. The van der Waals surface area contributed by atoms with Gasteiger partial charge < -0.3 is 9.64 Å². The number of nitrogens with zero attached hydrogens (tertiary/aromatic N) is 1. The van der Waals surface area contributed by atoms with Gasteiger partial charge in [0.1, 0.15) is 11.9 Å². The van der Waals surface area contributed by atoms with E-state index in [4.69, 9.17) is 4.74 Å². The van der Waals surface area contributed by atoms with E-state index in [1.54, 1.807) is 0 Å². The van der Waals surface area contributed by atoms with Crippen LogP contribution in [0.4, 0.5) is 5.69 Å². The second-order valence-electron chi connectivity index (χ2n) is 14.3. The molecule has 0 spiro atoms. The van der Waals surface area contributed by atoms with Crippen molar-refractivity contribution in [1.82, 2.24) is 0 Å². The van der Waals surface area contributed by atoms with Gasteiger partial charge in [0.25, 0.3) is 0 Å². The van der Waals surface area contributed by atoms with Crippen molar-refractivity contribution in [3.8, 4) is 5.75 Å². The fourth-order valence-corrected chi connectivity index (χ4v) is 9.26. The van der Waals surface area contributed by atoms with Crippen LogP contribution in [-0.2, 0) is 5.41 Å². The van der Waals surface area contributed by atoms with Crippen molar-refractivity contribution in [3.63, 3.8) is 0 Å². The Morgan fingerprint density at radius 2 is 1.26 bits per heavy atom. The Hall–Kier alpha value is -6.38. The van der Waals surface area contributed by atoms with E-state index in [0.717, 1.165) is 30.6 Å². The van der Waals surface area contributed by atoms with Gasteiger partial charge in [0.05, 0.1) is 11.1 Å². The SMILES string of the molecule is C=CCC1Oc2ccccc2/C1=C\N(C1=CC2=C(CC1)c1ccccc1C2(c1ccccc1)c1ccccc1)c1cc2ccccc2c2ccccc12. The van der Waals surface area contributed by atoms with Gasteiger partial charge in [-0.05, 0) is 80.6 Å². The van der Waals surface area contributed by atoms with Crippen molar-refractivity contribution in [1.29, 1.82) is 0 Å². The molecule has 0 saturated carbocycles. The monoisotopic (exact) mass is 681 g/mol. The van der Waals surface area contributed by atoms with Crippen LogP contribution in [0.15, 0.2) is 200 Å². The van der Waals surface area contributed by atoms with E-state index < -0.39 is 5.41 Å². The highest BCUT2D eigenvalue weighted by Gasteiger charge is 2.48. The van der Waals surface area contributed by atoms with Crippen molar-refractivity contribution in [2.24, 2.45) is 0 Å². The van der Waals surface area contributed by atoms with Crippen LogP contribution in [0.5, 0.6) is 5.75 Å². The molecule has 0 radical (unpaired) electrons. The third-order valence-electron chi connectivity index (χ3n) is 11.5. The maximum absolute atomic E-state index is 6.61. The second kappa shape index (κ2) is 12.7. The molecule has 1 aliphatic heterocycles. The minimum absolute atomic E-state index is 0.124. The summed E-state index contributed by atoms with van der Waals surface area (Å²) in [4.78, 5) is 2.50. The first-order valence-corrected chi connectivity index (χ1v) is 18.7. The van der Waals surface area contributed by atoms with Crippen molar-refractivity contribution in [2.75, 3.05) is 4.90 Å². The minimum atomic E-state index is -0.459. The molecule has 2 aliphatic carbocycles. The first-order valence-electron chi connectivity index (χ1n) is 18.7. The Labute approximate surface area is 311 Å². The van der Waals surface area contributed by atoms with Gasteiger partial charge >= 0.3 is 0 Å². The van der Waals surface area contributed by atoms with Gasteiger partial charge in [-0.25, -0.2) is 0 Å². The van der Waals surface area contributed by atoms with E-state index in [9.17, 15) is 0 Å². The van der Waals surface area contributed by atoms with E-state index in [2.05, 4.69) is 188 Å². The highest BCUT2D eigenvalue weighted by molar-refractivity contribution is 6.13. The molecular formula is C51H39NO. The summed E-state index contributed by atoms with van der Waals surface area (Å²) >= 11 is 0. The number of benzene rings is 7. The van der Waals surface area contributed by atoms with E-state index >= 15 is 0 Å². The Morgan fingerprint density at radius 1 is 0.642 bits per heavy atom. The van der Waals surface area contributed by atoms with Gasteiger partial charge in [0.2, 0.25) is 0 Å². The summed E-state index contributed by atoms with van der Waals surface area (Å²) in [5.74, 6) is 0.926. The predicted molar refractivity (Wildman–Crippen MR) is 221 cm³/mol. The highest BCUT2D eigenvalue weighted by Crippen LogP contribution is 2.58. The molecular weight excluding hydrogens is 643 g/mol. The van der Waals surface area contributed by atoms with Crippen LogP contribution < -0.4 is 9.64 Å². The third-order valence-corrected chi connectivity index (χ3v) is 11.5. The van der Waals surface area contributed by atoms with Crippen molar-refractivity contribution < 1.29 is 4.74 Å². The average Bonchev–Trinajstić information content (AvgIpc) is 3.73. The molecule has 2 nitrogen and oxygen atoms in total. The van der Waals surface area contributed by atoms with E-state index in [1.165, 1.54) is 71.9 Å². The molecule has 10 rings (SSSR count). The number of allylic oxidation sites excluding steroid dienone is 4. The molecule has 2 heteroatoms. The van der Waals surface area contributed by atoms with Crippen LogP contribution in [-0.4, -0.2) is 6.10 Å². The smallest absolute Gasteiger partial charge is 0.129 e. The van der Waals surface area contributed by atoms with Crippen molar-refractivity contribution >= 4 is 38.4 Å². The molecule has 3 aliphatic rings. The molecule has 1 unspecified atom stereocenters.